The zero-order valence-electron chi connectivity index (χ0n) is 14.3. The van der Waals surface area contributed by atoms with Crippen LogP contribution in [0.4, 0.5) is 11.5 Å². The number of likely N-dealkylation sites (tertiary alicyclic amines) is 1. The van der Waals surface area contributed by atoms with E-state index in [9.17, 15) is 4.79 Å². The van der Waals surface area contributed by atoms with Gasteiger partial charge in [-0.15, -0.1) is 0 Å². The first-order valence-corrected chi connectivity index (χ1v) is 8.80. The molecular weight excluding hydrogens is 332 g/mol. The average molecular weight is 354 g/mol. The predicted octanol–water partition coefficient (Wildman–Crippen LogP) is 2.99. The number of aromatic nitrogens is 1. The van der Waals surface area contributed by atoms with Gasteiger partial charge >= 0.3 is 0 Å². The van der Waals surface area contributed by atoms with Crippen LogP contribution in [0.15, 0.2) is 48.7 Å². The van der Waals surface area contributed by atoms with Crippen molar-refractivity contribution in [1.82, 2.24) is 9.88 Å². The first kappa shape index (κ1) is 17.5. The monoisotopic (exact) mass is 354 g/mol. The molecule has 1 aromatic carbocycles. The minimum Gasteiger partial charge on any atom is -0.376 e. The van der Waals surface area contributed by atoms with Gasteiger partial charge < -0.3 is 10.6 Å². The van der Waals surface area contributed by atoms with Crippen LogP contribution in [0, 0.1) is 5.92 Å². The summed E-state index contributed by atoms with van der Waals surface area (Å²) in [5.74, 6) is 0.914. The zero-order chi connectivity index (χ0) is 17.8. The Bertz CT molecular complexity index is 757. The highest BCUT2D eigenvalue weighted by Gasteiger charge is 2.25. The maximum Gasteiger partial charge on any atom is 0.176 e. The third-order valence-corrected chi connectivity index (χ3v) is 4.76. The lowest BCUT2D eigenvalue weighted by Crippen LogP contribution is -2.34. The highest BCUT2D eigenvalue weighted by molar-refractivity contribution is 7.80. The lowest BCUT2D eigenvalue weighted by Gasteiger charge is -2.28. The van der Waals surface area contributed by atoms with Crippen LogP contribution in [0.25, 0.3) is 0 Å². The molecule has 130 valence electrons. The van der Waals surface area contributed by atoms with Crippen molar-refractivity contribution in [3.8, 4) is 0 Å². The molecule has 2 N–H and O–H groups in total. The van der Waals surface area contributed by atoms with E-state index in [0.717, 1.165) is 31.6 Å². The van der Waals surface area contributed by atoms with Crippen LogP contribution < -0.4 is 10.6 Å². The molecule has 0 radical (unpaired) electrons. The third kappa shape index (κ3) is 4.03. The van der Waals surface area contributed by atoms with Crippen LogP contribution in [-0.4, -0.2) is 40.9 Å². The van der Waals surface area contributed by atoms with E-state index in [-0.39, 0.29) is 16.8 Å². The molecule has 0 amide bonds. The fourth-order valence-corrected chi connectivity index (χ4v) is 3.36. The molecule has 0 unspecified atom stereocenters. The summed E-state index contributed by atoms with van der Waals surface area (Å²) in [6, 6.07) is 13.0. The number of piperidine rings is 1. The molecule has 0 aliphatic carbocycles. The predicted molar refractivity (Wildman–Crippen MR) is 104 cm³/mol. The first-order valence-electron chi connectivity index (χ1n) is 8.39. The molecule has 0 atom stereocenters. The summed E-state index contributed by atoms with van der Waals surface area (Å²) in [5.41, 5.74) is 7.36. The van der Waals surface area contributed by atoms with E-state index in [0.29, 0.717) is 11.4 Å². The SMILES string of the molecule is CN1CCC(C(=O)c2cccc(N(C(N)=S)c3ccccn3)c2)CC1. The van der Waals surface area contributed by atoms with Crippen molar-refractivity contribution < 1.29 is 4.79 Å². The van der Waals surface area contributed by atoms with Gasteiger partial charge in [0, 0.05) is 17.7 Å². The van der Waals surface area contributed by atoms with Crippen LogP contribution in [0.3, 0.4) is 0 Å². The number of thiocarbonyl (C=S) groups is 1. The number of anilines is 2. The van der Waals surface area contributed by atoms with Gasteiger partial charge in [-0.05, 0) is 69.5 Å². The second-order valence-corrected chi connectivity index (χ2v) is 6.77. The first-order chi connectivity index (χ1) is 12.1. The Morgan fingerprint density at radius 2 is 2.00 bits per heavy atom. The molecule has 2 aromatic rings. The van der Waals surface area contributed by atoms with Crippen molar-refractivity contribution in [3.05, 3.63) is 54.2 Å². The van der Waals surface area contributed by atoms with Crippen molar-refractivity contribution in [2.45, 2.75) is 12.8 Å². The maximum atomic E-state index is 12.9. The summed E-state index contributed by atoms with van der Waals surface area (Å²) in [6.07, 6.45) is 3.49. The normalized spacial score (nSPS) is 15.7. The number of carbonyl (C=O) groups is 1. The van der Waals surface area contributed by atoms with E-state index in [1.54, 1.807) is 11.1 Å². The summed E-state index contributed by atoms with van der Waals surface area (Å²) in [5, 5.41) is 0.197. The second-order valence-electron chi connectivity index (χ2n) is 6.35. The standard InChI is InChI=1S/C19H22N4OS/c1-22-11-8-14(9-12-22)18(24)15-5-4-6-16(13-15)23(19(20)25)17-7-2-3-10-21-17/h2-7,10,13-14H,8-9,11-12H2,1H3,(H2,20,25). The minimum absolute atomic E-state index is 0.0829. The number of ketones is 1. The summed E-state index contributed by atoms with van der Waals surface area (Å²) in [6.45, 7) is 1.92. The van der Waals surface area contributed by atoms with E-state index >= 15 is 0 Å². The summed E-state index contributed by atoms with van der Waals surface area (Å²) in [7, 11) is 2.09. The topological polar surface area (TPSA) is 62.5 Å². The van der Waals surface area contributed by atoms with Gasteiger partial charge in [-0.3, -0.25) is 9.69 Å². The van der Waals surface area contributed by atoms with Crippen molar-refractivity contribution >= 4 is 34.6 Å². The fraction of sp³-hybridized carbons (Fsp3) is 0.316. The Hall–Kier alpha value is -2.31. The van der Waals surface area contributed by atoms with E-state index < -0.39 is 0 Å². The van der Waals surface area contributed by atoms with Gasteiger partial charge in [-0.25, -0.2) is 4.98 Å². The molecule has 1 aliphatic heterocycles. The molecule has 6 heteroatoms. The highest BCUT2D eigenvalue weighted by Crippen LogP contribution is 2.27. The van der Waals surface area contributed by atoms with E-state index in [2.05, 4.69) is 16.9 Å². The van der Waals surface area contributed by atoms with Crippen LogP contribution >= 0.6 is 12.2 Å². The Morgan fingerprint density at radius 1 is 1.24 bits per heavy atom. The van der Waals surface area contributed by atoms with Crippen LogP contribution in [0.2, 0.25) is 0 Å². The minimum atomic E-state index is 0.0829. The molecule has 1 aromatic heterocycles. The van der Waals surface area contributed by atoms with Gasteiger partial charge in [0.05, 0.1) is 5.69 Å². The van der Waals surface area contributed by atoms with Crippen molar-refractivity contribution in [1.29, 1.82) is 0 Å². The Morgan fingerprint density at radius 3 is 2.64 bits per heavy atom. The van der Waals surface area contributed by atoms with Gasteiger partial charge in [0.25, 0.3) is 0 Å². The number of pyridine rings is 1. The molecule has 1 saturated heterocycles. The summed E-state index contributed by atoms with van der Waals surface area (Å²) >= 11 is 5.20. The largest absolute Gasteiger partial charge is 0.376 e. The van der Waals surface area contributed by atoms with Crippen LogP contribution in [0.1, 0.15) is 23.2 Å². The summed E-state index contributed by atoms with van der Waals surface area (Å²) < 4.78 is 0. The molecule has 25 heavy (non-hydrogen) atoms. The van der Waals surface area contributed by atoms with Crippen molar-refractivity contribution in [2.75, 3.05) is 25.0 Å². The molecular formula is C19H22N4OS. The molecule has 1 fully saturated rings. The third-order valence-electron chi connectivity index (χ3n) is 4.58. The van der Waals surface area contributed by atoms with E-state index in [1.165, 1.54) is 0 Å². The lowest BCUT2D eigenvalue weighted by molar-refractivity contribution is 0.0857. The number of carbonyl (C=O) groups excluding carboxylic acids is 1. The van der Waals surface area contributed by atoms with Gasteiger partial charge in [0.1, 0.15) is 5.82 Å². The van der Waals surface area contributed by atoms with Crippen molar-refractivity contribution in [2.24, 2.45) is 11.7 Å². The van der Waals surface area contributed by atoms with E-state index in [1.807, 2.05) is 42.5 Å². The molecule has 3 rings (SSSR count). The quantitative estimate of drug-likeness (QED) is 0.673. The van der Waals surface area contributed by atoms with Crippen LogP contribution in [0.5, 0.6) is 0 Å². The van der Waals surface area contributed by atoms with Crippen LogP contribution in [-0.2, 0) is 0 Å². The maximum absolute atomic E-state index is 12.9. The number of Topliss-reactive ketones (excluding diaryl/α,β-unsaturated/α-hetero) is 1. The molecule has 1 aliphatic rings. The fourth-order valence-electron chi connectivity index (χ4n) is 3.16. The van der Waals surface area contributed by atoms with Gasteiger partial charge in [0.15, 0.2) is 10.9 Å². The van der Waals surface area contributed by atoms with Gasteiger partial charge in [-0.2, -0.15) is 0 Å². The highest BCUT2D eigenvalue weighted by atomic mass is 32.1. The summed E-state index contributed by atoms with van der Waals surface area (Å²) in [4.78, 5) is 21.1. The number of benzene rings is 1. The Balaban J connectivity index is 1.87. The number of hydrogen-bond donors (Lipinski definition) is 1. The Labute approximate surface area is 153 Å². The van der Waals surface area contributed by atoms with E-state index in [4.69, 9.17) is 18.0 Å². The average Bonchev–Trinajstić information content (AvgIpc) is 2.63. The molecule has 0 bridgehead atoms. The number of nitrogens with zero attached hydrogens (tertiary/aromatic N) is 3. The second kappa shape index (κ2) is 7.72. The molecule has 2 heterocycles. The zero-order valence-corrected chi connectivity index (χ0v) is 15.1. The van der Waals surface area contributed by atoms with Gasteiger partial charge in [0.2, 0.25) is 0 Å². The number of hydrogen-bond acceptors (Lipinski definition) is 4. The Kier molecular flexibility index (Phi) is 5.40. The number of rotatable bonds is 4. The van der Waals surface area contributed by atoms with Gasteiger partial charge in [-0.1, -0.05) is 18.2 Å². The van der Waals surface area contributed by atoms with Crippen molar-refractivity contribution in [3.63, 3.8) is 0 Å². The molecule has 5 nitrogen and oxygen atoms in total. The lowest BCUT2D eigenvalue weighted by atomic mass is 9.89. The molecule has 0 spiro atoms. The number of nitrogens with two attached hydrogens (primary N) is 1. The molecule has 0 saturated carbocycles. The smallest absolute Gasteiger partial charge is 0.176 e.